The van der Waals surface area contributed by atoms with E-state index in [1.54, 1.807) is 4.48 Å². The van der Waals surface area contributed by atoms with Crippen molar-refractivity contribution in [3.63, 3.8) is 0 Å². The molecule has 0 saturated heterocycles. The lowest BCUT2D eigenvalue weighted by atomic mass is 9.97. The third-order valence-electron chi connectivity index (χ3n) is 3.29. The molecule has 0 saturated carbocycles. The Bertz CT molecular complexity index is 854. The zero-order chi connectivity index (χ0) is 14.3. The lowest BCUT2D eigenvalue weighted by Gasteiger charge is -2.06. The van der Waals surface area contributed by atoms with E-state index < -0.39 is 0 Å². The molecule has 0 bridgehead atoms. The molecule has 3 aromatic rings. The van der Waals surface area contributed by atoms with Crippen molar-refractivity contribution in [3.05, 3.63) is 48.0 Å². The van der Waals surface area contributed by atoms with Crippen molar-refractivity contribution in [2.75, 3.05) is 0 Å². The third-order valence-corrected chi connectivity index (χ3v) is 3.29. The zero-order valence-electron chi connectivity index (χ0n) is 12.1. The second kappa shape index (κ2) is 4.46. The molecule has 0 N–H and O–H groups in total. The molecular formula is C18H16BN. The Kier molecular flexibility index (Phi) is 2.87. The van der Waals surface area contributed by atoms with E-state index in [0.29, 0.717) is 0 Å². The van der Waals surface area contributed by atoms with Gasteiger partial charge in [0.15, 0.2) is 0 Å². The van der Waals surface area contributed by atoms with Gasteiger partial charge in [-0.1, -0.05) is 36.1 Å². The van der Waals surface area contributed by atoms with Gasteiger partial charge in [0.05, 0.1) is 0 Å². The number of fused-ring (bicyclic) bond motifs is 3. The summed E-state index contributed by atoms with van der Waals surface area (Å²) in [5.41, 5.74) is 3.07. The van der Waals surface area contributed by atoms with Crippen LogP contribution in [0.3, 0.4) is 0 Å². The highest BCUT2D eigenvalue weighted by Gasteiger charge is 2.07. The number of para-hydroxylation sites is 1. The van der Waals surface area contributed by atoms with Crippen LogP contribution in [0.15, 0.2) is 42.5 Å². The Morgan fingerprint density at radius 2 is 1.65 bits per heavy atom. The minimum Gasteiger partial charge on any atom is -0.397 e. The fourth-order valence-corrected chi connectivity index (χ4v) is 2.34. The van der Waals surface area contributed by atoms with Gasteiger partial charge in [0.2, 0.25) is 7.98 Å². The molecule has 0 amide bonds. The minimum atomic E-state index is 0.00434. The largest absolute Gasteiger partial charge is 0.397 e. The molecule has 0 aliphatic heterocycles. The van der Waals surface area contributed by atoms with Gasteiger partial charge in [-0.15, -0.1) is 0 Å². The van der Waals surface area contributed by atoms with E-state index in [1.165, 1.54) is 10.8 Å². The number of aromatic nitrogens is 1. The molecule has 2 aromatic carbocycles. The van der Waals surface area contributed by atoms with Crippen molar-refractivity contribution in [2.24, 2.45) is 5.41 Å². The van der Waals surface area contributed by atoms with Crippen molar-refractivity contribution in [1.29, 1.82) is 0 Å². The van der Waals surface area contributed by atoms with Crippen LogP contribution < -0.4 is 0 Å². The summed E-state index contributed by atoms with van der Waals surface area (Å²) in [6, 6.07) is 14.4. The van der Waals surface area contributed by atoms with Crippen LogP contribution in [-0.2, 0) is 0 Å². The molecule has 3 rings (SSSR count). The van der Waals surface area contributed by atoms with Gasteiger partial charge in [-0.2, -0.15) is 0 Å². The van der Waals surface area contributed by atoms with Crippen molar-refractivity contribution in [1.82, 2.24) is 4.48 Å². The normalized spacial score (nSPS) is 11.6. The molecule has 1 aromatic heterocycles. The highest BCUT2D eigenvalue weighted by atomic mass is 14.9. The Balaban J connectivity index is 2.23. The van der Waals surface area contributed by atoms with Crippen LogP contribution in [0.25, 0.3) is 21.8 Å². The summed E-state index contributed by atoms with van der Waals surface area (Å²) in [7, 11) is 6.19. The second-order valence-corrected chi connectivity index (χ2v) is 6.12. The zero-order valence-corrected chi connectivity index (χ0v) is 12.1. The van der Waals surface area contributed by atoms with Crippen molar-refractivity contribution in [2.45, 2.75) is 20.8 Å². The third kappa shape index (κ3) is 2.21. The summed E-state index contributed by atoms with van der Waals surface area (Å²) >= 11 is 0. The van der Waals surface area contributed by atoms with Gasteiger partial charge in [-0.25, -0.2) is 0 Å². The molecule has 20 heavy (non-hydrogen) atoms. The van der Waals surface area contributed by atoms with Crippen LogP contribution in [0.1, 0.15) is 26.3 Å². The maximum absolute atomic E-state index is 6.19. The number of hydrogen-bond donors (Lipinski definition) is 0. The van der Waals surface area contributed by atoms with E-state index in [2.05, 4.69) is 56.9 Å². The molecule has 2 heteroatoms. The van der Waals surface area contributed by atoms with Gasteiger partial charge >= 0.3 is 0 Å². The molecule has 0 fully saturated rings. The summed E-state index contributed by atoms with van der Waals surface area (Å²) in [4.78, 5) is 0. The average Bonchev–Trinajstić information content (AvgIpc) is 2.70. The van der Waals surface area contributed by atoms with Crippen LogP contribution in [0.4, 0.5) is 0 Å². The van der Waals surface area contributed by atoms with Crippen molar-refractivity contribution < 1.29 is 0 Å². The molecule has 1 nitrogen and oxygen atoms in total. The summed E-state index contributed by atoms with van der Waals surface area (Å²) in [6.45, 7) is 6.33. The number of hydrogen-bond acceptors (Lipinski definition) is 0. The topological polar surface area (TPSA) is 4.93 Å². The quantitative estimate of drug-likeness (QED) is 0.421. The van der Waals surface area contributed by atoms with Gasteiger partial charge in [-0.3, -0.25) is 0 Å². The predicted octanol–water partition coefficient (Wildman–Crippen LogP) is 4.12. The second-order valence-electron chi connectivity index (χ2n) is 6.12. The summed E-state index contributed by atoms with van der Waals surface area (Å²) < 4.78 is 1.74. The van der Waals surface area contributed by atoms with Crippen LogP contribution >= 0.6 is 0 Å². The summed E-state index contributed by atoms with van der Waals surface area (Å²) in [6.07, 6.45) is 0. The monoisotopic (exact) mass is 257 g/mol. The Labute approximate surface area is 121 Å². The van der Waals surface area contributed by atoms with Crippen LogP contribution in [-0.4, -0.2) is 12.5 Å². The highest BCUT2D eigenvalue weighted by Crippen LogP contribution is 2.28. The van der Waals surface area contributed by atoms with Gasteiger partial charge in [0.25, 0.3) is 0 Å². The molecule has 2 radical (unpaired) electrons. The molecular weight excluding hydrogens is 241 g/mol. The van der Waals surface area contributed by atoms with Gasteiger partial charge in [0.1, 0.15) is 0 Å². The van der Waals surface area contributed by atoms with E-state index in [4.69, 9.17) is 7.98 Å². The van der Waals surface area contributed by atoms with Crippen molar-refractivity contribution in [3.8, 4) is 11.8 Å². The molecule has 0 spiro atoms. The first-order chi connectivity index (χ1) is 9.46. The first-order valence-corrected chi connectivity index (χ1v) is 6.77. The van der Waals surface area contributed by atoms with E-state index in [1.807, 2.05) is 18.2 Å². The van der Waals surface area contributed by atoms with Crippen LogP contribution in [0.2, 0.25) is 0 Å². The smallest absolute Gasteiger partial charge is 0.234 e. The lowest BCUT2D eigenvalue weighted by Crippen LogP contribution is -1.99. The fourth-order valence-electron chi connectivity index (χ4n) is 2.34. The molecule has 0 aliphatic rings. The summed E-state index contributed by atoms with van der Waals surface area (Å²) in [5, 5.41) is 2.35. The number of nitrogens with zero attached hydrogens (tertiary/aromatic N) is 1. The lowest BCUT2D eigenvalue weighted by molar-refractivity contribution is 0.571. The molecule has 0 unspecified atom stereocenters. The van der Waals surface area contributed by atoms with Gasteiger partial charge in [-0.05, 0) is 39.0 Å². The molecule has 0 atom stereocenters. The number of benzene rings is 2. The van der Waals surface area contributed by atoms with Crippen LogP contribution in [0.5, 0.6) is 0 Å². The first kappa shape index (κ1) is 12.9. The minimum absolute atomic E-state index is 0.00434. The molecule has 96 valence electrons. The number of rotatable bonds is 0. The Morgan fingerprint density at radius 3 is 2.40 bits per heavy atom. The van der Waals surface area contributed by atoms with E-state index in [0.717, 1.165) is 16.6 Å². The standard InChI is InChI=1S/C18H16BN/c1-18(2,3)11-10-13-8-9-15-14-6-4-5-7-16(14)20(19)17(15)12-13/h4-9,12H,1-3H3. The summed E-state index contributed by atoms with van der Waals surface area (Å²) in [5.74, 6) is 6.49. The fraction of sp³-hybridized carbons (Fsp3) is 0.222. The van der Waals surface area contributed by atoms with E-state index >= 15 is 0 Å². The van der Waals surface area contributed by atoms with E-state index in [9.17, 15) is 0 Å². The maximum atomic E-state index is 6.19. The highest BCUT2D eigenvalue weighted by molar-refractivity contribution is 6.21. The van der Waals surface area contributed by atoms with Crippen molar-refractivity contribution >= 4 is 29.8 Å². The SMILES string of the molecule is [B]n1c2ccccc2c2ccc(C#CC(C)(C)C)cc21. The Hall–Kier alpha value is -2.14. The van der Waals surface area contributed by atoms with Gasteiger partial charge < -0.3 is 4.48 Å². The molecule has 1 heterocycles. The Morgan fingerprint density at radius 1 is 0.950 bits per heavy atom. The average molecular weight is 257 g/mol. The predicted molar refractivity (Wildman–Crippen MR) is 86.9 cm³/mol. The van der Waals surface area contributed by atoms with Crippen LogP contribution in [0, 0.1) is 17.3 Å². The molecule has 0 aliphatic carbocycles. The van der Waals surface area contributed by atoms with Gasteiger partial charge in [0, 0.05) is 32.8 Å². The first-order valence-electron chi connectivity index (χ1n) is 6.77. The van der Waals surface area contributed by atoms with E-state index in [-0.39, 0.29) is 5.41 Å². The maximum Gasteiger partial charge on any atom is 0.234 e.